The normalized spacial score (nSPS) is 17.2. The molecule has 1 aromatic heterocycles. The molecule has 2 heterocycles. The van der Waals surface area contributed by atoms with Gasteiger partial charge in [-0.1, -0.05) is 17.7 Å². The number of carbonyl (C=O) groups is 1. The highest BCUT2D eigenvalue weighted by molar-refractivity contribution is 6.31. The van der Waals surface area contributed by atoms with Crippen LogP contribution in [0, 0.1) is 5.82 Å². The third kappa shape index (κ3) is 4.33. The Morgan fingerprint density at radius 3 is 3.03 bits per heavy atom. The summed E-state index contributed by atoms with van der Waals surface area (Å²) in [7, 11) is 1.09. The molecule has 168 valence electrons. The van der Waals surface area contributed by atoms with Crippen LogP contribution in [0.3, 0.4) is 0 Å². The molecule has 7 nitrogen and oxygen atoms in total. The highest BCUT2D eigenvalue weighted by Crippen LogP contribution is 2.33. The van der Waals surface area contributed by atoms with E-state index in [2.05, 4.69) is 15.3 Å². The van der Waals surface area contributed by atoms with E-state index < -0.39 is 5.82 Å². The van der Waals surface area contributed by atoms with Gasteiger partial charge in [-0.05, 0) is 37.6 Å². The fourth-order valence-corrected chi connectivity index (χ4v) is 4.17. The van der Waals surface area contributed by atoms with Crippen LogP contribution in [0.5, 0.6) is 5.75 Å². The van der Waals surface area contributed by atoms with E-state index in [0.717, 1.165) is 12.0 Å². The van der Waals surface area contributed by atoms with Crippen molar-refractivity contribution in [2.45, 2.75) is 25.4 Å². The van der Waals surface area contributed by atoms with E-state index in [1.54, 1.807) is 25.3 Å². The smallest absolute Gasteiger partial charge is 0.239 e. The van der Waals surface area contributed by atoms with Gasteiger partial charge in [0.1, 0.15) is 17.9 Å². The Kier molecular flexibility index (Phi) is 5.70. The number of methoxy groups -OCH3 is 1. The molecule has 1 fully saturated rings. The molecule has 1 amide bonds. The molecule has 0 bridgehead atoms. The maximum Gasteiger partial charge on any atom is 0.239 e. The minimum Gasteiger partial charge on any atom is -0.496 e. The number of carbonyl (C=O) groups excluding carboxylic acids is 1. The van der Waals surface area contributed by atoms with E-state index in [4.69, 9.17) is 19.1 Å². The van der Waals surface area contributed by atoms with Crippen molar-refractivity contribution in [3.63, 3.8) is 0 Å². The van der Waals surface area contributed by atoms with Gasteiger partial charge < -0.3 is 15.0 Å². The fourth-order valence-electron chi connectivity index (χ4n) is 3.99. The average Bonchev–Trinajstić information content (AvgIpc) is 3.30. The van der Waals surface area contributed by atoms with Crippen LogP contribution in [-0.4, -0.2) is 59.4 Å². The SMILES string of the molecule is [2H]CN(C[2H])C(=O)[C@@H]1CCCN1Cc1cc2c(Nc3cccc(Cl)c3F)ncnc2cc1OC. The molecule has 1 aliphatic heterocycles. The predicted octanol–water partition coefficient (Wildman–Crippen LogP) is 4.23. The lowest BCUT2D eigenvalue weighted by Crippen LogP contribution is -2.42. The minimum absolute atomic E-state index is 0.00450. The second-order valence-corrected chi connectivity index (χ2v) is 8.04. The number of hydrogen-bond donors (Lipinski definition) is 1. The van der Waals surface area contributed by atoms with E-state index in [0.29, 0.717) is 42.0 Å². The number of hydrogen-bond acceptors (Lipinski definition) is 6. The Morgan fingerprint density at radius 2 is 2.25 bits per heavy atom. The average molecular weight is 460 g/mol. The first kappa shape index (κ1) is 19.7. The summed E-state index contributed by atoms with van der Waals surface area (Å²) in [6, 6.07) is 7.97. The number of rotatable bonds is 6. The predicted molar refractivity (Wildman–Crippen MR) is 123 cm³/mol. The van der Waals surface area contributed by atoms with Gasteiger partial charge >= 0.3 is 0 Å². The van der Waals surface area contributed by atoms with Gasteiger partial charge in [-0.25, -0.2) is 14.4 Å². The van der Waals surface area contributed by atoms with Gasteiger partial charge in [-0.15, -0.1) is 0 Å². The molecule has 2 aromatic carbocycles. The number of likely N-dealkylation sites (tertiary alicyclic amines) is 1. The van der Waals surface area contributed by atoms with Crippen molar-refractivity contribution in [2.75, 3.05) is 33.0 Å². The number of ether oxygens (including phenoxy) is 1. The quantitative estimate of drug-likeness (QED) is 0.595. The number of amides is 1. The minimum atomic E-state index is -0.573. The second kappa shape index (κ2) is 9.26. The van der Waals surface area contributed by atoms with Crippen LogP contribution in [-0.2, 0) is 11.3 Å². The summed E-state index contributed by atoms with van der Waals surface area (Å²) in [5.41, 5.74) is 1.63. The Hall–Kier alpha value is -2.97. The highest BCUT2D eigenvalue weighted by atomic mass is 35.5. The van der Waals surface area contributed by atoms with Crippen molar-refractivity contribution < 1.29 is 16.7 Å². The van der Waals surface area contributed by atoms with Crippen molar-refractivity contribution >= 4 is 39.9 Å². The third-order valence-electron chi connectivity index (χ3n) is 5.58. The maximum absolute atomic E-state index is 14.5. The van der Waals surface area contributed by atoms with Crippen LogP contribution < -0.4 is 10.1 Å². The molecular formula is C23H25ClFN5O2. The van der Waals surface area contributed by atoms with E-state index in [1.807, 2.05) is 11.0 Å². The monoisotopic (exact) mass is 459 g/mol. The molecule has 1 N–H and O–H groups in total. The van der Waals surface area contributed by atoms with Crippen molar-refractivity contribution in [1.82, 2.24) is 19.8 Å². The lowest BCUT2D eigenvalue weighted by atomic mass is 10.1. The molecule has 32 heavy (non-hydrogen) atoms. The number of halogens is 2. The second-order valence-electron chi connectivity index (χ2n) is 7.64. The summed E-state index contributed by atoms with van der Waals surface area (Å²) >= 11 is 5.92. The summed E-state index contributed by atoms with van der Waals surface area (Å²) < 4.78 is 35.1. The van der Waals surface area contributed by atoms with Gasteiger partial charge in [0.25, 0.3) is 0 Å². The zero-order valence-electron chi connectivity index (χ0n) is 19.6. The summed E-state index contributed by atoms with van der Waals surface area (Å²) in [4.78, 5) is 24.7. The first-order valence-corrected chi connectivity index (χ1v) is 10.5. The maximum atomic E-state index is 14.5. The van der Waals surface area contributed by atoms with Crippen LogP contribution in [0.15, 0.2) is 36.7 Å². The van der Waals surface area contributed by atoms with Crippen LogP contribution >= 0.6 is 11.6 Å². The molecule has 0 saturated carbocycles. The highest BCUT2D eigenvalue weighted by Gasteiger charge is 2.32. The van der Waals surface area contributed by atoms with Gasteiger partial charge in [0.2, 0.25) is 5.91 Å². The Labute approximate surface area is 194 Å². The lowest BCUT2D eigenvalue weighted by molar-refractivity contribution is -0.133. The molecule has 1 aliphatic rings. The van der Waals surface area contributed by atoms with Crippen LogP contribution in [0.4, 0.5) is 15.9 Å². The number of fused-ring (bicyclic) bond motifs is 1. The molecule has 1 saturated heterocycles. The number of nitrogens with zero attached hydrogens (tertiary/aromatic N) is 4. The number of likely N-dealkylation sites (N-methyl/N-ethyl adjacent to an activating group) is 1. The number of anilines is 2. The largest absolute Gasteiger partial charge is 0.496 e. The Morgan fingerprint density at radius 1 is 1.41 bits per heavy atom. The van der Waals surface area contributed by atoms with Gasteiger partial charge in [-0.3, -0.25) is 9.69 Å². The summed E-state index contributed by atoms with van der Waals surface area (Å²) in [6.07, 6.45) is 2.91. The van der Waals surface area contributed by atoms with Crippen LogP contribution in [0.2, 0.25) is 5.02 Å². The first-order valence-electron chi connectivity index (χ1n) is 11.5. The van der Waals surface area contributed by atoms with Gasteiger partial charge in [0.15, 0.2) is 5.82 Å². The number of nitrogens with one attached hydrogen (secondary N) is 1. The molecule has 9 heteroatoms. The van der Waals surface area contributed by atoms with Crippen molar-refractivity contribution in [3.8, 4) is 5.75 Å². The van der Waals surface area contributed by atoms with Gasteiger partial charge in [-0.2, -0.15) is 0 Å². The Balaban J connectivity index is 1.68. The summed E-state index contributed by atoms with van der Waals surface area (Å²) in [5.74, 6) is 0.251. The van der Waals surface area contributed by atoms with E-state index in [-0.39, 0.29) is 36.7 Å². The molecule has 0 aliphatic carbocycles. The number of aromatic nitrogens is 2. The zero-order valence-corrected chi connectivity index (χ0v) is 18.4. The topological polar surface area (TPSA) is 70.6 Å². The van der Waals surface area contributed by atoms with Gasteiger partial charge in [0.05, 0.1) is 29.4 Å². The Bertz CT molecular complexity index is 1200. The van der Waals surface area contributed by atoms with E-state index >= 15 is 0 Å². The zero-order chi connectivity index (χ0) is 24.2. The molecular weight excluding hydrogens is 433 g/mol. The lowest BCUT2D eigenvalue weighted by Gasteiger charge is -2.26. The number of benzene rings is 2. The van der Waals surface area contributed by atoms with Crippen molar-refractivity contribution in [3.05, 3.63) is 53.1 Å². The third-order valence-corrected chi connectivity index (χ3v) is 5.87. The van der Waals surface area contributed by atoms with E-state index in [1.165, 1.54) is 17.3 Å². The van der Waals surface area contributed by atoms with E-state index in [9.17, 15) is 9.18 Å². The standard InChI is InChI=1S/C23H25ClFN5O2/c1-29(2)23(31)19-8-5-9-30(19)12-14-10-15-18(11-20(14)32-3)26-13-27-22(15)28-17-7-4-6-16(24)21(17)25/h4,6-7,10-11,13,19H,5,8-9,12H2,1-3H3,(H,26,27,28)/t19-/m0/s1/i1D,2D. The molecule has 0 radical (unpaired) electrons. The molecule has 1 atom stereocenters. The summed E-state index contributed by atoms with van der Waals surface area (Å²) in [5, 5.41) is 3.67. The first-order chi connectivity index (χ1) is 16.5. The molecule has 0 unspecified atom stereocenters. The molecule has 4 rings (SSSR count). The van der Waals surface area contributed by atoms with Crippen molar-refractivity contribution in [2.24, 2.45) is 0 Å². The molecule has 3 aromatic rings. The van der Waals surface area contributed by atoms with Crippen LogP contribution in [0.25, 0.3) is 10.9 Å². The molecule has 0 spiro atoms. The van der Waals surface area contributed by atoms with Gasteiger partial charge in [0, 0.05) is 40.3 Å². The van der Waals surface area contributed by atoms with Crippen molar-refractivity contribution in [1.29, 1.82) is 0 Å². The fraction of sp³-hybridized carbons (Fsp3) is 0.348. The summed E-state index contributed by atoms with van der Waals surface area (Å²) in [6.45, 7) is 1.14. The van der Waals surface area contributed by atoms with Crippen LogP contribution in [0.1, 0.15) is 21.1 Å².